The van der Waals surface area contributed by atoms with Gasteiger partial charge in [-0.05, 0) is 26.0 Å². The van der Waals surface area contributed by atoms with Crippen LogP contribution in [0, 0.1) is 0 Å². The highest BCUT2D eigenvalue weighted by Gasteiger charge is 2.30. The third-order valence-corrected chi connectivity index (χ3v) is 6.04. The maximum absolute atomic E-state index is 12.6. The smallest absolute Gasteiger partial charge is 0.173 e. The Labute approximate surface area is 180 Å². The van der Waals surface area contributed by atoms with Gasteiger partial charge in [0.2, 0.25) is 0 Å². The molecule has 0 N–H and O–H groups in total. The van der Waals surface area contributed by atoms with E-state index in [0.717, 1.165) is 27.6 Å². The largest absolute Gasteiger partial charge is 0.497 e. The minimum absolute atomic E-state index is 0.0768. The molecule has 1 aliphatic rings. The number of methoxy groups -OCH3 is 1. The van der Waals surface area contributed by atoms with E-state index in [1.54, 1.807) is 7.11 Å². The van der Waals surface area contributed by atoms with Crippen LogP contribution in [-0.4, -0.2) is 34.2 Å². The van der Waals surface area contributed by atoms with Gasteiger partial charge in [-0.15, -0.1) is 0 Å². The number of ketones is 1. The minimum Gasteiger partial charge on any atom is -0.497 e. The zero-order valence-corrected chi connectivity index (χ0v) is 18.2. The van der Waals surface area contributed by atoms with Gasteiger partial charge in [0, 0.05) is 23.1 Å². The van der Waals surface area contributed by atoms with Crippen molar-refractivity contribution in [2.24, 2.45) is 0 Å². The topological polar surface area (TPSA) is 61.3 Å². The summed E-state index contributed by atoms with van der Waals surface area (Å²) < 4.78 is 11.4. The first-order valence-electron chi connectivity index (χ1n) is 9.84. The predicted octanol–water partition coefficient (Wildman–Crippen LogP) is 4.98. The van der Waals surface area contributed by atoms with Crippen molar-refractivity contribution in [2.75, 3.05) is 12.9 Å². The molecule has 3 aromatic rings. The molecule has 0 spiro atoms. The van der Waals surface area contributed by atoms with E-state index >= 15 is 0 Å². The molecule has 0 radical (unpaired) electrons. The van der Waals surface area contributed by atoms with Gasteiger partial charge in [0.05, 0.1) is 30.8 Å². The van der Waals surface area contributed by atoms with E-state index in [-0.39, 0.29) is 11.4 Å². The maximum Gasteiger partial charge on any atom is 0.173 e. The maximum atomic E-state index is 12.6. The number of fused-ring (bicyclic) bond motifs is 1. The Bertz CT molecular complexity index is 1070. The molecule has 30 heavy (non-hydrogen) atoms. The highest BCUT2D eigenvalue weighted by Crippen LogP contribution is 2.34. The van der Waals surface area contributed by atoms with Crippen LogP contribution < -0.4 is 4.74 Å². The Hall–Kier alpha value is -2.70. The van der Waals surface area contributed by atoms with Gasteiger partial charge >= 0.3 is 0 Å². The third-order valence-electron chi connectivity index (χ3n) is 5.02. The van der Waals surface area contributed by atoms with Gasteiger partial charge in [-0.1, -0.05) is 54.2 Å². The van der Waals surface area contributed by atoms with E-state index in [4.69, 9.17) is 19.4 Å². The number of carbonyl (C=O) groups excluding carboxylic acids is 1. The minimum atomic E-state index is -0.283. The van der Waals surface area contributed by atoms with Gasteiger partial charge < -0.3 is 9.47 Å². The van der Waals surface area contributed by atoms with Crippen molar-refractivity contribution in [1.29, 1.82) is 0 Å². The summed E-state index contributed by atoms with van der Waals surface area (Å²) in [5.41, 5.74) is 3.27. The first-order chi connectivity index (χ1) is 14.4. The second kappa shape index (κ2) is 8.58. The number of carbonyl (C=O) groups is 1. The monoisotopic (exact) mass is 420 g/mol. The van der Waals surface area contributed by atoms with Crippen molar-refractivity contribution in [1.82, 2.24) is 9.97 Å². The molecule has 0 saturated heterocycles. The molecular weight excluding hydrogens is 396 g/mol. The zero-order valence-electron chi connectivity index (χ0n) is 17.3. The van der Waals surface area contributed by atoms with Crippen LogP contribution >= 0.6 is 11.8 Å². The number of hydrogen-bond acceptors (Lipinski definition) is 6. The highest BCUT2D eigenvalue weighted by molar-refractivity contribution is 8.00. The van der Waals surface area contributed by atoms with E-state index in [0.29, 0.717) is 30.2 Å². The summed E-state index contributed by atoms with van der Waals surface area (Å²) in [6.07, 6.45) is 0.696. The Kier molecular flexibility index (Phi) is 5.88. The van der Waals surface area contributed by atoms with Crippen LogP contribution in [0.4, 0.5) is 0 Å². The lowest BCUT2D eigenvalue weighted by atomic mass is 9.96. The van der Waals surface area contributed by atoms with Crippen LogP contribution in [0.5, 0.6) is 5.75 Å². The molecule has 1 aliphatic heterocycles. The van der Waals surface area contributed by atoms with Crippen molar-refractivity contribution in [3.8, 4) is 17.1 Å². The van der Waals surface area contributed by atoms with Crippen LogP contribution in [0.2, 0.25) is 0 Å². The second-order valence-electron chi connectivity index (χ2n) is 7.81. The van der Waals surface area contributed by atoms with Crippen molar-refractivity contribution in [3.63, 3.8) is 0 Å². The van der Waals surface area contributed by atoms with Crippen LogP contribution in [-0.2, 0) is 17.8 Å². The second-order valence-corrected chi connectivity index (χ2v) is 8.78. The average molecular weight is 421 g/mol. The Morgan fingerprint density at radius 1 is 1.13 bits per heavy atom. The molecule has 0 amide bonds. The van der Waals surface area contributed by atoms with Gasteiger partial charge in [-0.2, -0.15) is 0 Å². The number of Topliss-reactive ketones (excluding diaryl/α,β-unsaturated/α-hetero) is 1. The number of benzene rings is 2. The lowest BCUT2D eigenvalue weighted by Crippen LogP contribution is -2.33. The zero-order chi connectivity index (χ0) is 21.1. The summed E-state index contributed by atoms with van der Waals surface area (Å²) in [6.45, 7) is 4.58. The van der Waals surface area contributed by atoms with E-state index < -0.39 is 0 Å². The van der Waals surface area contributed by atoms with Gasteiger partial charge in [-0.25, -0.2) is 9.97 Å². The predicted molar refractivity (Wildman–Crippen MR) is 118 cm³/mol. The molecule has 0 atom stereocenters. The van der Waals surface area contributed by atoms with E-state index in [9.17, 15) is 4.79 Å². The molecule has 0 unspecified atom stereocenters. The molecule has 6 heteroatoms. The average Bonchev–Trinajstić information content (AvgIpc) is 2.76. The molecule has 0 fully saturated rings. The first-order valence-corrected chi connectivity index (χ1v) is 10.8. The van der Waals surface area contributed by atoms with E-state index in [1.165, 1.54) is 11.8 Å². The van der Waals surface area contributed by atoms with Gasteiger partial charge in [-0.3, -0.25) is 4.79 Å². The van der Waals surface area contributed by atoms with Gasteiger partial charge in [0.15, 0.2) is 11.6 Å². The number of rotatable bonds is 6. The summed E-state index contributed by atoms with van der Waals surface area (Å²) in [5.74, 6) is 1.79. The molecule has 0 aliphatic carbocycles. The molecule has 2 aromatic carbocycles. The standard InChI is InChI=1S/C24H24N2O3S/c1-24(2)13-20-19(14-29-24)23(30-15-21(27)16-8-5-4-6-9-16)26-22(25-20)17-10-7-11-18(12-17)28-3/h4-12H,13-15H2,1-3H3. The molecule has 1 aromatic heterocycles. The summed E-state index contributed by atoms with van der Waals surface area (Å²) in [7, 11) is 1.64. The molecule has 4 rings (SSSR count). The number of nitrogens with zero attached hydrogens (tertiary/aromatic N) is 2. The molecule has 5 nitrogen and oxygen atoms in total. The van der Waals surface area contributed by atoms with Crippen molar-refractivity contribution < 1.29 is 14.3 Å². The fourth-order valence-corrected chi connectivity index (χ4v) is 4.31. The number of thioether (sulfide) groups is 1. The summed E-state index contributed by atoms with van der Waals surface area (Å²) in [4.78, 5) is 22.3. The summed E-state index contributed by atoms with van der Waals surface area (Å²) in [5, 5.41) is 0.803. The Balaban J connectivity index is 1.68. The molecule has 0 saturated carbocycles. The lowest BCUT2D eigenvalue weighted by molar-refractivity contribution is -0.0428. The third kappa shape index (κ3) is 4.55. The van der Waals surface area contributed by atoms with Crippen LogP contribution in [0.15, 0.2) is 59.6 Å². The van der Waals surface area contributed by atoms with Crippen molar-refractivity contribution in [3.05, 3.63) is 71.4 Å². The Morgan fingerprint density at radius 2 is 1.93 bits per heavy atom. The fraction of sp³-hybridized carbons (Fsp3) is 0.292. The summed E-state index contributed by atoms with van der Waals surface area (Å²) in [6, 6.07) is 17.1. The molecule has 2 heterocycles. The van der Waals surface area contributed by atoms with E-state index in [1.807, 2.05) is 54.6 Å². The van der Waals surface area contributed by atoms with Crippen molar-refractivity contribution >= 4 is 17.5 Å². The summed E-state index contributed by atoms with van der Waals surface area (Å²) >= 11 is 1.45. The fourth-order valence-electron chi connectivity index (χ4n) is 3.37. The van der Waals surface area contributed by atoms with Crippen LogP contribution in [0.1, 0.15) is 35.5 Å². The van der Waals surface area contributed by atoms with Crippen LogP contribution in [0.3, 0.4) is 0 Å². The SMILES string of the molecule is COc1cccc(-c2nc3c(c(SCC(=O)c4ccccc4)n2)COC(C)(C)C3)c1. The molecule has 154 valence electrons. The van der Waals surface area contributed by atoms with Crippen molar-refractivity contribution in [2.45, 2.75) is 37.5 Å². The quantitative estimate of drug-likeness (QED) is 0.318. The first kappa shape index (κ1) is 20.6. The normalized spacial score (nSPS) is 14.8. The number of aromatic nitrogens is 2. The van der Waals surface area contributed by atoms with E-state index in [2.05, 4.69) is 13.8 Å². The number of hydrogen-bond donors (Lipinski definition) is 0. The number of ether oxygens (including phenoxy) is 2. The van der Waals surface area contributed by atoms with Gasteiger partial charge in [0.25, 0.3) is 0 Å². The molecular formula is C24H24N2O3S. The van der Waals surface area contributed by atoms with Crippen LogP contribution in [0.25, 0.3) is 11.4 Å². The van der Waals surface area contributed by atoms with Gasteiger partial charge in [0.1, 0.15) is 10.8 Å². The molecule has 0 bridgehead atoms. The lowest BCUT2D eigenvalue weighted by Gasteiger charge is -2.32. The Morgan fingerprint density at radius 3 is 2.70 bits per heavy atom. The highest BCUT2D eigenvalue weighted by atomic mass is 32.2.